The van der Waals surface area contributed by atoms with Gasteiger partial charge in [0, 0.05) is 13.0 Å². The molecule has 0 bridgehead atoms. The van der Waals surface area contributed by atoms with E-state index < -0.39 is 0 Å². The van der Waals surface area contributed by atoms with Crippen molar-refractivity contribution in [1.29, 1.82) is 0 Å². The lowest BCUT2D eigenvalue weighted by molar-refractivity contribution is -0.121. The molecule has 1 atom stereocenters. The highest BCUT2D eigenvalue weighted by Gasteiger charge is 2.15. The molecule has 0 fully saturated rings. The summed E-state index contributed by atoms with van der Waals surface area (Å²) in [4.78, 5) is 14.4. The lowest BCUT2D eigenvalue weighted by Gasteiger charge is -2.25. The molecule has 0 spiro atoms. The van der Waals surface area contributed by atoms with Gasteiger partial charge in [-0.05, 0) is 62.7 Å². The molecule has 4 nitrogen and oxygen atoms in total. The zero-order valence-corrected chi connectivity index (χ0v) is 17.0. The predicted octanol–water partition coefficient (Wildman–Crippen LogP) is 4.00. The van der Waals surface area contributed by atoms with Gasteiger partial charge in [0.2, 0.25) is 5.91 Å². The number of likely N-dealkylation sites (N-methyl/N-ethyl adjacent to an activating group) is 1. The fourth-order valence-corrected chi connectivity index (χ4v) is 3.05. The molecule has 0 aliphatic rings. The van der Waals surface area contributed by atoms with Crippen LogP contribution in [0, 0.1) is 0 Å². The van der Waals surface area contributed by atoms with E-state index in [2.05, 4.69) is 41.4 Å². The van der Waals surface area contributed by atoms with Crippen LogP contribution < -0.4 is 10.1 Å². The molecule has 0 aliphatic carbocycles. The van der Waals surface area contributed by atoms with Crippen LogP contribution in [0.25, 0.3) is 0 Å². The maximum atomic E-state index is 12.3. The van der Waals surface area contributed by atoms with Crippen LogP contribution in [0.4, 0.5) is 0 Å². The third kappa shape index (κ3) is 6.72. The molecule has 1 amide bonds. The number of nitrogens with one attached hydrogen (secondary N) is 1. The van der Waals surface area contributed by atoms with Crippen molar-refractivity contribution in [2.45, 2.75) is 39.2 Å². The molecule has 0 radical (unpaired) electrons. The fraction of sp³-hybridized carbons (Fsp3) is 0.435. The number of rotatable bonds is 10. The first-order valence-electron chi connectivity index (χ1n) is 9.77. The number of nitrogens with zero attached hydrogens (tertiary/aromatic N) is 1. The summed E-state index contributed by atoms with van der Waals surface area (Å²) in [6.45, 7) is 5.40. The van der Waals surface area contributed by atoms with E-state index in [0.29, 0.717) is 19.6 Å². The maximum Gasteiger partial charge on any atom is 0.220 e. The van der Waals surface area contributed by atoms with Crippen molar-refractivity contribution in [3.05, 3.63) is 65.2 Å². The van der Waals surface area contributed by atoms with Gasteiger partial charge in [0.25, 0.3) is 0 Å². The molecule has 1 N–H and O–H groups in total. The van der Waals surface area contributed by atoms with Crippen molar-refractivity contribution >= 4 is 5.91 Å². The summed E-state index contributed by atoms with van der Waals surface area (Å²) in [5.41, 5.74) is 3.70. The average molecular weight is 369 g/mol. The number of carbonyl (C=O) groups excluding carboxylic acids is 1. The van der Waals surface area contributed by atoms with Gasteiger partial charge in [0.1, 0.15) is 5.75 Å². The first kappa shape index (κ1) is 21.0. The molecule has 2 rings (SSSR count). The molecule has 0 saturated carbocycles. The van der Waals surface area contributed by atoms with E-state index in [1.165, 1.54) is 11.1 Å². The highest BCUT2D eigenvalue weighted by Crippen LogP contribution is 2.18. The van der Waals surface area contributed by atoms with Gasteiger partial charge in [0.05, 0.1) is 12.6 Å². The summed E-state index contributed by atoms with van der Waals surface area (Å²) >= 11 is 0. The number of carbonyl (C=O) groups is 1. The quantitative estimate of drug-likeness (QED) is 0.689. The third-order valence-electron chi connectivity index (χ3n) is 4.76. The highest BCUT2D eigenvalue weighted by molar-refractivity contribution is 5.76. The molecule has 4 heteroatoms. The van der Waals surface area contributed by atoms with E-state index >= 15 is 0 Å². The molecule has 2 aromatic rings. The minimum atomic E-state index is 0.0842. The molecule has 2 aromatic carbocycles. The Morgan fingerprint density at radius 2 is 1.63 bits per heavy atom. The van der Waals surface area contributed by atoms with Crippen molar-refractivity contribution in [1.82, 2.24) is 10.2 Å². The molecular weight excluding hydrogens is 336 g/mol. The molecule has 0 aromatic heterocycles. The Labute approximate surface area is 163 Å². The first-order chi connectivity index (χ1) is 13.0. The number of hydrogen-bond donors (Lipinski definition) is 1. The second kappa shape index (κ2) is 10.7. The van der Waals surface area contributed by atoms with Crippen molar-refractivity contribution in [2.75, 3.05) is 27.2 Å². The summed E-state index contributed by atoms with van der Waals surface area (Å²) in [6, 6.07) is 16.8. The summed E-state index contributed by atoms with van der Waals surface area (Å²) in [5.74, 6) is 0.953. The zero-order valence-electron chi connectivity index (χ0n) is 17.0. The summed E-state index contributed by atoms with van der Waals surface area (Å²) in [5, 5.41) is 3.09. The van der Waals surface area contributed by atoms with Gasteiger partial charge in [0.15, 0.2) is 0 Å². The topological polar surface area (TPSA) is 41.6 Å². The Morgan fingerprint density at radius 1 is 1.00 bits per heavy atom. The summed E-state index contributed by atoms with van der Waals surface area (Å²) in [7, 11) is 4.09. The second-order valence-electron chi connectivity index (χ2n) is 6.96. The monoisotopic (exact) mass is 368 g/mol. The van der Waals surface area contributed by atoms with E-state index in [9.17, 15) is 4.79 Å². The van der Waals surface area contributed by atoms with E-state index in [0.717, 1.165) is 24.2 Å². The van der Waals surface area contributed by atoms with Gasteiger partial charge >= 0.3 is 0 Å². The zero-order chi connectivity index (χ0) is 19.6. The fourth-order valence-electron chi connectivity index (χ4n) is 3.05. The van der Waals surface area contributed by atoms with Crippen LogP contribution in [-0.2, 0) is 17.6 Å². The summed E-state index contributed by atoms with van der Waals surface area (Å²) in [6.07, 6.45) is 2.26. The number of aryl methyl sites for hydroxylation is 2. The van der Waals surface area contributed by atoms with E-state index in [1.807, 2.05) is 45.3 Å². The number of ether oxygens (including phenoxy) is 1. The average Bonchev–Trinajstić information content (AvgIpc) is 2.68. The number of benzene rings is 2. The van der Waals surface area contributed by atoms with E-state index in [1.54, 1.807) is 0 Å². The Balaban J connectivity index is 1.84. The Morgan fingerprint density at radius 3 is 2.19 bits per heavy atom. The SMILES string of the molecule is CCOc1ccc(CCC(=O)NCC(c2ccc(CC)cc2)N(C)C)cc1. The van der Waals surface area contributed by atoms with Crippen LogP contribution in [0.5, 0.6) is 5.75 Å². The standard InChI is InChI=1S/C23H32N2O2/c1-5-18-7-12-20(13-8-18)22(25(3)4)17-24-23(26)16-11-19-9-14-21(15-10-19)27-6-2/h7-10,12-15,22H,5-6,11,16-17H2,1-4H3,(H,24,26). The lowest BCUT2D eigenvalue weighted by Crippen LogP contribution is -2.34. The minimum Gasteiger partial charge on any atom is -0.494 e. The molecule has 27 heavy (non-hydrogen) atoms. The van der Waals surface area contributed by atoms with Gasteiger partial charge in [-0.2, -0.15) is 0 Å². The van der Waals surface area contributed by atoms with Crippen molar-refractivity contribution < 1.29 is 9.53 Å². The van der Waals surface area contributed by atoms with Gasteiger partial charge < -0.3 is 15.0 Å². The van der Waals surface area contributed by atoms with Crippen LogP contribution in [0.15, 0.2) is 48.5 Å². The van der Waals surface area contributed by atoms with Crippen molar-refractivity contribution in [3.63, 3.8) is 0 Å². The van der Waals surface area contributed by atoms with Gasteiger partial charge in [-0.15, -0.1) is 0 Å². The molecular formula is C23H32N2O2. The van der Waals surface area contributed by atoms with Crippen LogP contribution in [0.3, 0.4) is 0 Å². The molecule has 0 aliphatic heterocycles. The molecule has 0 saturated heterocycles. The normalized spacial score (nSPS) is 12.0. The first-order valence-corrected chi connectivity index (χ1v) is 9.77. The molecule has 0 heterocycles. The van der Waals surface area contributed by atoms with Crippen molar-refractivity contribution in [3.8, 4) is 5.75 Å². The van der Waals surface area contributed by atoms with Gasteiger partial charge in [-0.25, -0.2) is 0 Å². The molecule has 1 unspecified atom stereocenters. The number of hydrogen-bond acceptors (Lipinski definition) is 3. The lowest BCUT2D eigenvalue weighted by atomic mass is 10.0. The van der Waals surface area contributed by atoms with Gasteiger partial charge in [-0.3, -0.25) is 4.79 Å². The molecule has 146 valence electrons. The minimum absolute atomic E-state index is 0.0842. The van der Waals surface area contributed by atoms with Crippen LogP contribution >= 0.6 is 0 Å². The third-order valence-corrected chi connectivity index (χ3v) is 4.76. The summed E-state index contributed by atoms with van der Waals surface area (Å²) < 4.78 is 5.45. The predicted molar refractivity (Wildman–Crippen MR) is 111 cm³/mol. The number of amides is 1. The Kier molecular flexibility index (Phi) is 8.34. The maximum absolute atomic E-state index is 12.3. The van der Waals surface area contributed by atoms with Crippen molar-refractivity contribution in [2.24, 2.45) is 0 Å². The van der Waals surface area contributed by atoms with Crippen LogP contribution in [-0.4, -0.2) is 38.1 Å². The second-order valence-corrected chi connectivity index (χ2v) is 6.96. The van der Waals surface area contributed by atoms with Gasteiger partial charge in [-0.1, -0.05) is 43.3 Å². The van der Waals surface area contributed by atoms with Crippen LogP contribution in [0.1, 0.15) is 43.0 Å². The van der Waals surface area contributed by atoms with E-state index in [4.69, 9.17) is 4.74 Å². The van der Waals surface area contributed by atoms with E-state index in [-0.39, 0.29) is 11.9 Å². The highest BCUT2D eigenvalue weighted by atomic mass is 16.5. The Bertz CT molecular complexity index is 693. The van der Waals surface area contributed by atoms with Crippen LogP contribution in [0.2, 0.25) is 0 Å². The largest absolute Gasteiger partial charge is 0.494 e. The smallest absolute Gasteiger partial charge is 0.220 e. The Hall–Kier alpha value is -2.33.